The quantitative estimate of drug-likeness (QED) is 0.441. The fourth-order valence-electron chi connectivity index (χ4n) is 5.62. The summed E-state index contributed by atoms with van der Waals surface area (Å²) in [5.41, 5.74) is 3.77. The molecule has 1 atom stereocenters. The number of hydrogen-bond acceptors (Lipinski definition) is 5. The van der Waals surface area contributed by atoms with Crippen molar-refractivity contribution in [1.82, 2.24) is 9.80 Å². The maximum atomic E-state index is 13.1. The first-order chi connectivity index (χ1) is 16.6. The molecule has 3 aromatic rings. The van der Waals surface area contributed by atoms with Crippen molar-refractivity contribution in [1.29, 1.82) is 0 Å². The smallest absolute Gasteiger partial charge is 0.231 e. The van der Waals surface area contributed by atoms with Gasteiger partial charge in [0.1, 0.15) is 0 Å². The number of amides is 1. The summed E-state index contributed by atoms with van der Waals surface area (Å²) in [5.74, 6) is 2.37. The van der Waals surface area contributed by atoms with Crippen LogP contribution in [-0.4, -0.2) is 55.2 Å². The van der Waals surface area contributed by atoms with Gasteiger partial charge in [-0.1, -0.05) is 22.0 Å². The lowest BCUT2D eigenvalue weighted by molar-refractivity contribution is -0.131. The highest BCUT2D eigenvalue weighted by atomic mass is 79.9. The lowest BCUT2D eigenvalue weighted by Gasteiger charge is -2.35. The van der Waals surface area contributed by atoms with Crippen molar-refractivity contribution in [3.8, 4) is 11.5 Å². The summed E-state index contributed by atoms with van der Waals surface area (Å²) in [6.07, 6.45) is 4.85. The van der Waals surface area contributed by atoms with E-state index in [0.29, 0.717) is 12.3 Å². The highest BCUT2D eigenvalue weighted by Crippen LogP contribution is 2.36. The molecule has 7 heteroatoms. The number of ether oxygens (including phenoxy) is 2. The lowest BCUT2D eigenvalue weighted by Crippen LogP contribution is -2.43. The molecule has 0 saturated carbocycles. The van der Waals surface area contributed by atoms with Crippen LogP contribution >= 0.6 is 27.3 Å². The van der Waals surface area contributed by atoms with Gasteiger partial charge >= 0.3 is 0 Å². The fourth-order valence-corrected chi connectivity index (χ4v) is 7.16. The van der Waals surface area contributed by atoms with E-state index >= 15 is 0 Å². The van der Waals surface area contributed by atoms with Crippen LogP contribution in [0.3, 0.4) is 0 Å². The summed E-state index contributed by atoms with van der Waals surface area (Å²) in [7, 11) is 0. The second-order valence-corrected chi connectivity index (χ2v) is 11.5. The molecule has 3 aliphatic rings. The molecular formula is C27H29BrN2O3S. The predicted molar refractivity (Wildman–Crippen MR) is 139 cm³/mol. The van der Waals surface area contributed by atoms with Gasteiger partial charge in [0.2, 0.25) is 12.7 Å². The number of fused-ring (bicyclic) bond motifs is 3. The number of carbonyl (C=O) groups is 1. The number of benzene rings is 2. The molecule has 0 bridgehead atoms. The first-order valence-electron chi connectivity index (χ1n) is 12.2. The van der Waals surface area contributed by atoms with Gasteiger partial charge in [0, 0.05) is 35.4 Å². The van der Waals surface area contributed by atoms with Gasteiger partial charge in [-0.3, -0.25) is 4.79 Å². The summed E-state index contributed by atoms with van der Waals surface area (Å²) in [6.45, 7) is 5.26. The maximum absolute atomic E-state index is 13.1. The summed E-state index contributed by atoms with van der Waals surface area (Å²) in [4.78, 5) is 17.8. The molecule has 0 spiro atoms. The summed E-state index contributed by atoms with van der Waals surface area (Å²) < 4.78 is 13.6. The van der Waals surface area contributed by atoms with Crippen molar-refractivity contribution in [2.45, 2.75) is 32.1 Å². The predicted octanol–water partition coefficient (Wildman–Crippen LogP) is 5.27. The number of halogens is 1. The van der Waals surface area contributed by atoms with Crippen molar-refractivity contribution in [3.63, 3.8) is 0 Å². The van der Waals surface area contributed by atoms with Crippen LogP contribution in [0.1, 0.15) is 29.5 Å². The largest absolute Gasteiger partial charge is 0.454 e. The molecule has 0 N–H and O–H groups in total. The molecule has 1 unspecified atom stereocenters. The molecule has 1 aromatic heterocycles. The monoisotopic (exact) mass is 540 g/mol. The van der Waals surface area contributed by atoms with Crippen LogP contribution in [0.5, 0.6) is 11.5 Å². The molecule has 4 heterocycles. The molecule has 1 amide bonds. The van der Waals surface area contributed by atoms with Crippen LogP contribution in [0.4, 0.5) is 0 Å². The third-order valence-electron chi connectivity index (χ3n) is 7.44. The van der Waals surface area contributed by atoms with Crippen LogP contribution in [0.2, 0.25) is 0 Å². The topological polar surface area (TPSA) is 42.0 Å². The molecule has 5 nitrogen and oxygen atoms in total. The van der Waals surface area contributed by atoms with E-state index in [2.05, 4.69) is 55.4 Å². The van der Waals surface area contributed by atoms with Crippen LogP contribution in [0.15, 0.2) is 40.2 Å². The number of piperidine rings is 1. The van der Waals surface area contributed by atoms with Gasteiger partial charge in [-0.2, -0.15) is 0 Å². The van der Waals surface area contributed by atoms with E-state index in [-0.39, 0.29) is 12.7 Å². The van der Waals surface area contributed by atoms with E-state index in [9.17, 15) is 4.79 Å². The van der Waals surface area contributed by atoms with Crippen LogP contribution in [0.25, 0.3) is 10.1 Å². The Balaban J connectivity index is 1.06. The van der Waals surface area contributed by atoms with E-state index in [1.807, 2.05) is 17.4 Å². The Bertz CT molecular complexity index is 1230. The molecule has 0 aliphatic carbocycles. The van der Waals surface area contributed by atoms with Gasteiger partial charge in [-0.25, -0.2) is 0 Å². The van der Waals surface area contributed by atoms with Gasteiger partial charge in [-0.15, -0.1) is 11.3 Å². The van der Waals surface area contributed by atoms with Crippen LogP contribution in [-0.2, 0) is 24.1 Å². The molecule has 6 rings (SSSR count). The van der Waals surface area contributed by atoms with E-state index in [1.165, 1.54) is 34.1 Å². The number of thiophene rings is 1. The second-order valence-electron chi connectivity index (χ2n) is 9.70. The molecule has 0 radical (unpaired) electrons. The average molecular weight is 542 g/mol. The fraction of sp³-hybridized carbons (Fsp3) is 0.444. The third kappa shape index (κ3) is 4.58. The van der Waals surface area contributed by atoms with Gasteiger partial charge in [-0.05, 0) is 89.9 Å². The van der Waals surface area contributed by atoms with Crippen molar-refractivity contribution in [2.24, 2.45) is 5.92 Å². The number of likely N-dealkylation sites (tertiary alicyclic amines) is 1. The molecular weight excluding hydrogens is 512 g/mol. The highest BCUT2D eigenvalue weighted by molar-refractivity contribution is 9.10. The van der Waals surface area contributed by atoms with E-state index < -0.39 is 0 Å². The minimum Gasteiger partial charge on any atom is -0.454 e. The standard InChI is InChI=1S/C27H29BrN2O3S/c28-22-3-4-23-20(16-34-26(23)13-22)5-8-29-7-1-2-18(14-29)15-30-9-6-19-10-24-25(33-17-32-24)11-21(19)12-27(30)31/h3-4,10-11,13,16,18H,1-2,5-9,12,14-15,17H2. The molecule has 1 fully saturated rings. The Hall–Kier alpha value is -2.09. The van der Waals surface area contributed by atoms with Crippen molar-refractivity contribution in [3.05, 3.63) is 56.9 Å². The van der Waals surface area contributed by atoms with E-state index in [4.69, 9.17) is 9.47 Å². The third-order valence-corrected chi connectivity index (χ3v) is 8.92. The van der Waals surface area contributed by atoms with Crippen LogP contribution < -0.4 is 9.47 Å². The number of rotatable bonds is 5. The SMILES string of the molecule is O=C1Cc2cc3c(cc2CCN1CC1CCCN(CCc2csc4cc(Br)ccc24)C1)OCO3. The molecule has 178 valence electrons. The number of nitrogens with zero attached hydrogens (tertiary/aromatic N) is 2. The van der Waals surface area contributed by atoms with Gasteiger partial charge in [0.15, 0.2) is 11.5 Å². The second kappa shape index (κ2) is 9.51. The zero-order valence-corrected chi connectivity index (χ0v) is 21.6. The normalized spacial score (nSPS) is 20.6. The first-order valence-corrected chi connectivity index (χ1v) is 13.9. The highest BCUT2D eigenvalue weighted by Gasteiger charge is 2.28. The molecule has 2 aromatic carbocycles. The summed E-state index contributed by atoms with van der Waals surface area (Å²) in [5, 5.41) is 3.70. The summed E-state index contributed by atoms with van der Waals surface area (Å²) in [6, 6.07) is 10.7. The Kier molecular flexibility index (Phi) is 6.26. The maximum Gasteiger partial charge on any atom is 0.231 e. The zero-order chi connectivity index (χ0) is 23.1. The first kappa shape index (κ1) is 22.4. The van der Waals surface area contributed by atoms with Crippen molar-refractivity contribution >= 4 is 43.3 Å². The van der Waals surface area contributed by atoms with Crippen LogP contribution in [0, 0.1) is 5.92 Å². The average Bonchev–Trinajstić information content (AvgIpc) is 3.42. The van der Waals surface area contributed by atoms with Gasteiger partial charge in [0.25, 0.3) is 0 Å². The Morgan fingerprint density at radius 1 is 1.09 bits per heavy atom. The minimum atomic E-state index is 0.241. The van der Waals surface area contributed by atoms with Gasteiger partial charge < -0.3 is 19.3 Å². The molecule has 1 saturated heterocycles. The van der Waals surface area contributed by atoms with Crippen molar-refractivity contribution < 1.29 is 14.3 Å². The van der Waals surface area contributed by atoms with Gasteiger partial charge in [0.05, 0.1) is 6.42 Å². The van der Waals surface area contributed by atoms with E-state index in [1.54, 1.807) is 0 Å². The number of carbonyl (C=O) groups excluding carboxylic acids is 1. The molecule has 3 aliphatic heterocycles. The van der Waals surface area contributed by atoms with E-state index in [0.717, 1.165) is 67.1 Å². The summed E-state index contributed by atoms with van der Waals surface area (Å²) >= 11 is 5.41. The zero-order valence-electron chi connectivity index (χ0n) is 19.2. The Morgan fingerprint density at radius 3 is 2.82 bits per heavy atom. The lowest BCUT2D eigenvalue weighted by atomic mass is 9.96. The Morgan fingerprint density at radius 2 is 1.94 bits per heavy atom. The minimum absolute atomic E-state index is 0.241. The molecule has 34 heavy (non-hydrogen) atoms. The Labute approximate surface area is 212 Å². The number of hydrogen-bond donors (Lipinski definition) is 0. The van der Waals surface area contributed by atoms with Crippen molar-refractivity contribution in [2.75, 3.05) is 39.5 Å².